The number of hydrogen-bond acceptors (Lipinski definition) is 1. The van der Waals surface area contributed by atoms with Gasteiger partial charge in [-0.05, 0) is 64.7 Å². The Kier molecular flexibility index (Phi) is 3.99. The van der Waals surface area contributed by atoms with Crippen LogP contribution in [0.1, 0.15) is 39.2 Å². The molecule has 0 bridgehead atoms. The van der Waals surface area contributed by atoms with Crippen LogP contribution in [0.15, 0.2) is 16.6 Å². The van der Waals surface area contributed by atoms with E-state index in [4.69, 9.17) is 11.6 Å². The second-order valence-corrected chi connectivity index (χ2v) is 7.64. The summed E-state index contributed by atoms with van der Waals surface area (Å²) in [6, 6.07) is 4.64. The summed E-state index contributed by atoms with van der Waals surface area (Å²) in [6.45, 7) is 9.05. The highest BCUT2D eigenvalue weighted by atomic mass is 79.9. The maximum absolute atomic E-state index is 6.20. The third-order valence-corrected chi connectivity index (χ3v) is 4.99. The SMILES string of the molecule is Cc1cc(Br)c(NC2CC(C)(C)CC2C)cc1Cl. The van der Waals surface area contributed by atoms with Crippen molar-refractivity contribution in [2.45, 2.75) is 46.6 Å². The zero-order valence-corrected chi connectivity index (χ0v) is 13.8. The highest BCUT2D eigenvalue weighted by Crippen LogP contribution is 2.43. The van der Waals surface area contributed by atoms with E-state index >= 15 is 0 Å². The van der Waals surface area contributed by atoms with Gasteiger partial charge in [-0.1, -0.05) is 32.4 Å². The van der Waals surface area contributed by atoms with Crippen LogP contribution in [0.3, 0.4) is 0 Å². The van der Waals surface area contributed by atoms with Crippen molar-refractivity contribution >= 4 is 33.2 Å². The van der Waals surface area contributed by atoms with Crippen LogP contribution in [-0.4, -0.2) is 6.04 Å². The van der Waals surface area contributed by atoms with E-state index in [9.17, 15) is 0 Å². The summed E-state index contributed by atoms with van der Waals surface area (Å²) in [5.74, 6) is 0.701. The number of nitrogens with one attached hydrogen (secondary N) is 1. The Labute approximate surface area is 123 Å². The normalized spacial score (nSPS) is 26.3. The van der Waals surface area contributed by atoms with Gasteiger partial charge in [-0.2, -0.15) is 0 Å². The molecule has 0 aliphatic heterocycles. The van der Waals surface area contributed by atoms with Gasteiger partial charge in [0.05, 0.1) is 5.69 Å². The van der Waals surface area contributed by atoms with Crippen LogP contribution in [0.5, 0.6) is 0 Å². The molecule has 100 valence electrons. The number of hydrogen-bond donors (Lipinski definition) is 1. The third kappa shape index (κ3) is 3.03. The number of rotatable bonds is 2. The van der Waals surface area contributed by atoms with E-state index in [1.54, 1.807) is 0 Å². The molecule has 1 aliphatic carbocycles. The second-order valence-electron chi connectivity index (χ2n) is 6.38. The Hall–Kier alpha value is -0.210. The van der Waals surface area contributed by atoms with E-state index in [0.29, 0.717) is 17.4 Å². The van der Waals surface area contributed by atoms with E-state index in [2.05, 4.69) is 48.1 Å². The summed E-state index contributed by atoms with van der Waals surface area (Å²) in [6.07, 6.45) is 2.49. The van der Waals surface area contributed by atoms with Crippen molar-refractivity contribution < 1.29 is 0 Å². The van der Waals surface area contributed by atoms with Crippen molar-refractivity contribution in [2.75, 3.05) is 5.32 Å². The van der Waals surface area contributed by atoms with Gasteiger partial charge >= 0.3 is 0 Å². The lowest BCUT2D eigenvalue weighted by atomic mass is 9.91. The minimum Gasteiger partial charge on any atom is -0.381 e. The molecule has 2 unspecified atom stereocenters. The molecule has 1 aromatic carbocycles. The van der Waals surface area contributed by atoms with Crippen LogP contribution in [0.4, 0.5) is 5.69 Å². The fourth-order valence-corrected chi connectivity index (χ4v) is 3.78. The monoisotopic (exact) mass is 329 g/mol. The first-order valence-corrected chi connectivity index (χ1v) is 7.68. The molecule has 0 aromatic heterocycles. The van der Waals surface area contributed by atoms with Gasteiger partial charge in [0.1, 0.15) is 0 Å². The van der Waals surface area contributed by atoms with Crippen molar-refractivity contribution in [2.24, 2.45) is 11.3 Å². The quantitative estimate of drug-likeness (QED) is 0.739. The van der Waals surface area contributed by atoms with Gasteiger partial charge in [0, 0.05) is 15.5 Å². The third-order valence-electron chi connectivity index (χ3n) is 3.92. The molecule has 0 radical (unpaired) electrons. The molecule has 1 fully saturated rings. The summed E-state index contributed by atoms with van der Waals surface area (Å²) < 4.78 is 1.10. The fraction of sp³-hybridized carbons (Fsp3) is 0.600. The van der Waals surface area contributed by atoms with Gasteiger partial charge in [-0.15, -0.1) is 0 Å². The van der Waals surface area contributed by atoms with Crippen LogP contribution in [0.2, 0.25) is 5.02 Å². The van der Waals surface area contributed by atoms with Crippen molar-refractivity contribution in [1.29, 1.82) is 0 Å². The molecular weight excluding hydrogens is 310 g/mol. The molecule has 0 heterocycles. The second kappa shape index (κ2) is 5.05. The van der Waals surface area contributed by atoms with Gasteiger partial charge in [-0.3, -0.25) is 0 Å². The Bertz CT molecular complexity index is 456. The molecule has 1 aromatic rings. The average molecular weight is 331 g/mol. The fourth-order valence-electron chi connectivity index (χ4n) is 3.04. The summed E-state index contributed by atoms with van der Waals surface area (Å²) in [7, 11) is 0. The lowest BCUT2D eigenvalue weighted by molar-refractivity contribution is 0.366. The molecule has 1 N–H and O–H groups in total. The molecule has 0 spiro atoms. The predicted octanol–water partition coefficient (Wildman–Crippen LogP) is 5.65. The predicted molar refractivity (Wildman–Crippen MR) is 83.5 cm³/mol. The first-order valence-electron chi connectivity index (χ1n) is 6.51. The summed E-state index contributed by atoms with van der Waals surface area (Å²) in [4.78, 5) is 0. The smallest absolute Gasteiger partial charge is 0.0502 e. The van der Waals surface area contributed by atoms with E-state index in [-0.39, 0.29) is 0 Å². The van der Waals surface area contributed by atoms with Gasteiger partial charge in [0.15, 0.2) is 0 Å². The highest BCUT2D eigenvalue weighted by molar-refractivity contribution is 9.10. The van der Waals surface area contributed by atoms with Gasteiger partial charge in [0.25, 0.3) is 0 Å². The summed E-state index contributed by atoms with van der Waals surface area (Å²) >= 11 is 9.82. The Balaban J connectivity index is 2.18. The van der Waals surface area contributed by atoms with Gasteiger partial charge in [0.2, 0.25) is 0 Å². The molecular formula is C15H21BrClN. The Morgan fingerprint density at radius 2 is 2.00 bits per heavy atom. The molecule has 1 saturated carbocycles. The Morgan fingerprint density at radius 3 is 2.56 bits per heavy atom. The minimum atomic E-state index is 0.443. The zero-order chi connectivity index (χ0) is 13.5. The van der Waals surface area contributed by atoms with Crippen LogP contribution in [0, 0.1) is 18.3 Å². The number of aryl methyl sites for hydroxylation is 1. The van der Waals surface area contributed by atoms with E-state index in [1.807, 2.05) is 13.0 Å². The highest BCUT2D eigenvalue weighted by Gasteiger charge is 2.36. The maximum atomic E-state index is 6.20. The van der Waals surface area contributed by atoms with Crippen LogP contribution in [-0.2, 0) is 0 Å². The molecule has 0 amide bonds. The molecule has 2 atom stereocenters. The van der Waals surface area contributed by atoms with Crippen LogP contribution in [0.25, 0.3) is 0 Å². The van der Waals surface area contributed by atoms with Crippen molar-refractivity contribution in [3.05, 3.63) is 27.2 Å². The van der Waals surface area contributed by atoms with Crippen LogP contribution < -0.4 is 5.32 Å². The van der Waals surface area contributed by atoms with Crippen molar-refractivity contribution in [3.8, 4) is 0 Å². The lowest BCUT2D eigenvalue weighted by Crippen LogP contribution is -2.22. The first kappa shape index (κ1) is 14.2. The zero-order valence-electron chi connectivity index (χ0n) is 11.5. The number of anilines is 1. The van der Waals surface area contributed by atoms with Crippen LogP contribution >= 0.6 is 27.5 Å². The first-order chi connectivity index (χ1) is 8.28. The average Bonchev–Trinajstić information content (AvgIpc) is 2.48. The number of halogens is 2. The lowest BCUT2D eigenvalue weighted by Gasteiger charge is -2.21. The van der Waals surface area contributed by atoms with E-state index in [1.165, 1.54) is 12.8 Å². The standard InChI is InChI=1S/C15H21BrClN/c1-9-5-11(16)13(6-12(9)17)18-14-8-15(3,4)7-10(14)2/h5-6,10,14,18H,7-8H2,1-4H3. The molecule has 0 saturated heterocycles. The Morgan fingerprint density at radius 1 is 1.33 bits per heavy atom. The molecule has 18 heavy (non-hydrogen) atoms. The maximum Gasteiger partial charge on any atom is 0.0502 e. The molecule has 2 rings (SSSR count). The largest absolute Gasteiger partial charge is 0.381 e. The topological polar surface area (TPSA) is 12.0 Å². The minimum absolute atomic E-state index is 0.443. The molecule has 1 nitrogen and oxygen atoms in total. The van der Waals surface area contributed by atoms with Gasteiger partial charge < -0.3 is 5.32 Å². The summed E-state index contributed by atoms with van der Waals surface area (Å²) in [5.41, 5.74) is 2.66. The van der Waals surface area contributed by atoms with Crippen molar-refractivity contribution in [1.82, 2.24) is 0 Å². The molecule has 1 aliphatic rings. The van der Waals surface area contributed by atoms with Gasteiger partial charge in [-0.25, -0.2) is 0 Å². The number of benzene rings is 1. The summed E-state index contributed by atoms with van der Waals surface area (Å²) in [5, 5.41) is 4.48. The van der Waals surface area contributed by atoms with E-state index < -0.39 is 0 Å². The van der Waals surface area contributed by atoms with Crippen molar-refractivity contribution in [3.63, 3.8) is 0 Å². The van der Waals surface area contributed by atoms with E-state index in [0.717, 1.165) is 20.7 Å². The molecule has 3 heteroatoms.